The van der Waals surface area contributed by atoms with Gasteiger partial charge in [-0.05, 0) is 12.3 Å². The lowest BCUT2D eigenvalue weighted by Gasteiger charge is -2.17. The molecule has 0 aromatic rings. The number of carbonyl (C=O) groups excluding carboxylic acids is 2. The predicted octanol–water partition coefficient (Wildman–Crippen LogP) is 1.84. The number of rotatable bonds is 8. The minimum Gasteiger partial charge on any atom is -0.355 e. The van der Waals surface area contributed by atoms with Crippen LogP contribution < -0.4 is 11.1 Å². The lowest BCUT2D eigenvalue weighted by atomic mass is 9.92. The second-order valence-corrected chi connectivity index (χ2v) is 8.04. The Morgan fingerprint density at radius 3 is 2.39 bits per heavy atom. The van der Waals surface area contributed by atoms with Gasteiger partial charge in [0.1, 0.15) is 5.78 Å². The molecule has 0 saturated heterocycles. The summed E-state index contributed by atoms with van der Waals surface area (Å²) in [6, 6.07) is -0.377. The topological polar surface area (TPSA) is 72.2 Å². The molecule has 0 fully saturated rings. The monoisotopic (exact) mass is 292 g/mol. The number of carbonyl (C=O) groups is 2. The summed E-state index contributed by atoms with van der Waals surface area (Å²) in [4.78, 5) is 22.4. The third-order valence-electron chi connectivity index (χ3n) is 2.05. The van der Waals surface area contributed by atoms with Gasteiger partial charge < -0.3 is 11.1 Å². The third-order valence-corrected chi connectivity index (χ3v) is 4.49. The summed E-state index contributed by atoms with van der Waals surface area (Å²) in [5, 5.41) is 2.88. The molecule has 0 radical (unpaired) electrons. The first-order chi connectivity index (χ1) is 8.22. The highest BCUT2D eigenvalue weighted by molar-refractivity contribution is 8.76. The van der Waals surface area contributed by atoms with Gasteiger partial charge in [-0.1, -0.05) is 42.4 Å². The Morgan fingerprint density at radius 1 is 1.28 bits per heavy atom. The van der Waals surface area contributed by atoms with Crippen molar-refractivity contribution in [1.82, 2.24) is 5.32 Å². The first-order valence-corrected chi connectivity index (χ1v) is 8.48. The van der Waals surface area contributed by atoms with Crippen molar-refractivity contribution in [3.05, 3.63) is 0 Å². The maximum atomic E-state index is 11.5. The summed E-state index contributed by atoms with van der Waals surface area (Å²) in [6.45, 7) is 8.28. The van der Waals surface area contributed by atoms with E-state index in [0.29, 0.717) is 18.7 Å². The summed E-state index contributed by atoms with van der Waals surface area (Å²) >= 11 is 0. The van der Waals surface area contributed by atoms with Gasteiger partial charge in [-0.3, -0.25) is 9.59 Å². The lowest BCUT2D eigenvalue weighted by Crippen LogP contribution is -2.30. The van der Waals surface area contributed by atoms with E-state index in [1.807, 2.05) is 20.8 Å². The highest BCUT2D eigenvalue weighted by Gasteiger charge is 2.15. The molecule has 0 aliphatic rings. The third kappa shape index (κ3) is 10.9. The fourth-order valence-electron chi connectivity index (χ4n) is 1.07. The number of hydrogen-bond acceptors (Lipinski definition) is 5. The van der Waals surface area contributed by atoms with Crippen molar-refractivity contribution in [1.29, 1.82) is 0 Å². The second-order valence-electron chi connectivity index (χ2n) is 5.41. The molecule has 0 aromatic carbocycles. The van der Waals surface area contributed by atoms with Gasteiger partial charge in [0.2, 0.25) is 5.91 Å². The Morgan fingerprint density at radius 2 is 1.89 bits per heavy atom. The van der Waals surface area contributed by atoms with E-state index in [4.69, 9.17) is 5.73 Å². The van der Waals surface area contributed by atoms with Crippen LogP contribution in [-0.2, 0) is 9.59 Å². The van der Waals surface area contributed by atoms with Crippen molar-refractivity contribution >= 4 is 33.3 Å². The van der Waals surface area contributed by atoms with Crippen LogP contribution in [0, 0.1) is 5.41 Å². The molecule has 106 valence electrons. The molecule has 18 heavy (non-hydrogen) atoms. The Hall–Kier alpha value is -0.200. The molecule has 3 N–H and O–H groups in total. The van der Waals surface area contributed by atoms with Crippen LogP contribution in [0.15, 0.2) is 0 Å². The standard InChI is InChI=1S/C12H24N2O2S2/c1-9(15)10(13)8-18-17-6-5-14-11(16)7-12(2,3)4/h10H,5-8,13H2,1-4H3,(H,14,16)/t10-/m0/s1. The summed E-state index contributed by atoms with van der Waals surface area (Å²) in [5.41, 5.74) is 5.62. The van der Waals surface area contributed by atoms with Crippen molar-refractivity contribution in [2.24, 2.45) is 11.1 Å². The first-order valence-electron chi connectivity index (χ1n) is 5.99. The Kier molecular flexibility index (Phi) is 8.73. The van der Waals surface area contributed by atoms with E-state index in [0.717, 1.165) is 5.75 Å². The molecule has 0 aliphatic carbocycles. The molecular formula is C12H24N2O2S2. The molecule has 0 spiro atoms. The Labute approximate surface area is 118 Å². The average Bonchev–Trinajstić information content (AvgIpc) is 2.19. The number of ketones is 1. The molecule has 0 unspecified atom stereocenters. The van der Waals surface area contributed by atoms with Crippen LogP contribution >= 0.6 is 21.6 Å². The van der Waals surface area contributed by atoms with Crippen LogP contribution in [0.4, 0.5) is 0 Å². The van der Waals surface area contributed by atoms with Crippen molar-refractivity contribution < 1.29 is 9.59 Å². The van der Waals surface area contributed by atoms with Crippen LogP contribution in [0.2, 0.25) is 0 Å². The maximum absolute atomic E-state index is 11.5. The van der Waals surface area contributed by atoms with E-state index in [2.05, 4.69) is 5.32 Å². The van der Waals surface area contributed by atoms with Gasteiger partial charge in [0, 0.05) is 24.5 Å². The van der Waals surface area contributed by atoms with Gasteiger partial charge >= 0.3 is 0 Å². The van der Waals surface area contributed by atoms with Gasteiger partial charge in [-0.25, -0.2) is 0 Å². The van der Waals surface area contributed by atoms with Crippen LogP contribution in [0.5, 0.6) is 0 Å². The molecule has 0 bridgehead atoms. The van der Waals surface area contributed by atoms with Crippen LogP contribution in [-0.4, -0.2) is 35.8 Å². The van der Waals surface area contributed by atoms with E-state index in [1.54, 1.807) is 21.6 Å². The molecule has 4 nitrogen and oxygen atoms in total. The van der Waals surface area contributed by atoms with Crippen molar-refractivity contribution in [3.8, 4) is 0 Å². The molecule has 0 heterocycles. The normalized spacial score (nSPS) is 13.2. The van der Waals surface area contributed by atoms with E-state index in [-0.39, 0.29) is 23.1 Å². The summed E-state index contributed by atoms with van der Waals surface area (Å²) in [6.07, 6.45) is 0.542. The minimum absolute atomic E-state index is 0.0154. The van der Waals surface area contributed by atoms with E-state index >= 15 is 0 Å². The average molecular weight is 292 g/mol. The molecule has 0 saturated carbocycles. The van der Waals surface area contributed by atoms with E-state index < -0.39 is 0 Å². The number of hydrogen-bond donors (Lipinski definition) is 2. The highest BCUT2D eigenvalue weighted by Crippen LogP contribution is 2.21. The van der Waals surface area contributed by atoms with Crippen molar-refractivity contribution in [2.45, 2.75) is 40.2 Å². The Balaban J connectivity index is 3.46. The summed E-state index contributed by atoms with van der Waals surface area (Å²) in [7, 11) is 3.20. The lowest BCUT2D eigenvalue weighted by molar-refractivity contribution is -0.122. The van der Waals surface area contributed by atoms with Crippen LogP contribution in [0.1, 0.15) is 34.1 Å². The first kappa shape index (κ1) is 17.8. The summed E-state index contributed by atoms with van der Waals surface area (Å²) in [5.74, 6) is 1.55. The summed E-state index contributed by atoms with van der Waals surface area (Å²) < 4.78 is 0. The number of nitrogens with one attached hydrogen (secondary N) is 1. The largest absolute Gasteiger partial charge is 0.355 e. The maximum Gasteiger partial charge on any atom is 0.220 e. The number of Topliss-reactive ketones (excluding diaryl/α,β-unsaturated/α-hetero) is 1. The Bertz CT molecular complexity index is 278. The van der Waals surface area contributed by atoms with Crippen molar-refractivity contribution in [2.75, 3.05) is 18.1 Å². The SMILES string of the molecule is CC(=O)[C@@H](N)CSSCCNC(=O)CC(C)(C)C. The van der Waals surface area contributed by atoms with E-state index in [9.17, 15) is 9.59 Å². The van der Waals surface area contributed by atoms with Gasteiger partial charge in [0.25, 0.3) is 0 Å². The zero-order chi connectivity index (χ0) is 14.2. The molecular weight excluding hydrogens is 268 g/mol. The molecule has 0 aromatic heterocycles. The highest BCUT2D eigenvalue weighted by atomic mass is 33.1. The van der Waals surface area contributed by atoms with Crippen LogP contribution in [0.25, 0.3) is 0 Å². The predicted molar refractivity (Wildman–Crippen MR) is 80.7 cm³/mol. The zero-order valence-corrected chi connectivity index (χ0v) is 13.2. The van der Waals surface area contributed by atoms with Gasteiger partial charge in [-0.2, -0.15) is 0 Å². The van der Waals surface area contributed by atoms with Crippen LogP contribution in [0.3, 0.4) is 0 Å². The van der Waals surface area contributed by atoms with Gasteiger partial charge in [0.05, 0.1) is 6.04 Å². The molecule has 1 amide bonds. The number of nitrogens with two attached hydrogens (primary N) is 1. The van der Waals surface area contributed by atoms with Gasteiger partial charge in [0.15, 0.2) is 0 Å². The van der Waals surface area contributed by atoms with Crippen molar-refractivity contribution in [3.63, 3.8) is 0 Å². The minimum atomic E-state index is -0.377. The fraction of sp³-hybridized carbons (Fsp3) is 0.833. The molecule has 6 heteroatoms. The number of amides is 1. The quantitative estimate of drug-likeness (QED) is 0.527. The van der Waals surface area contributed by atoms with Gasteiger partial charge in [-0.15, -0.1) is 0 Å². The van der Waals surface area contributed by atoms with E-state index in [1.165, 1.54) is 6.92 Å². The molecule has 1 atom stereocenters. The fourth-order valence-corrected chi connectivity index (χ4v) is 3.19. The zero-order valence-electron chi connectivity index (χ0n) is 11.6. The smallest absolute Gasteiger partial charge is 0.220 e. The molecule has 0 rings (SSSR count). The molecule has 0 aliphatic heterocycles. The second kappa shape index (κ2) is 8.82.